The number of ether oxygens (including phenoxy) is 1. The number of halogens is 5. The third kappa shape index (κ3) is 6.00. The second kappa shape index (κ2) is 10.4. The average molecular weight is 592 g/mol. The van der Waals surface area contributed by atoms with Crippen molar-refractivity contribution in [3.8, 4) is 11.5 Å². The lowest BCUT2D eigenvalue weighted by molar-refractivity contribution is -0.0330. The first-order chi connectivity index (χ1) is 18.1. The van der Waals surface area contributed by atoms with Crippen molar-refractivity contribution >= 4 is 25.7 Å². The van der Waals surface area contributed by atoms with Gasteiger partial charge in [-0.3, -0.25) is 0 Å². The molecule has 0 fully saturated rings. The zero-order valence-electron chi connectivity index (χ0n) is 20.0. The molecular weight excluding hydrogens is 569 g/mol. The smallest absolute Gasteiger partial charge is 0.343 e. The van der Waals surface area contributed by atoms with Crippen LogP contribution in [0.5, 0.6) is 11.5 Å². The highest BCUT2D eigenvalue weighted by Crippen LogP contribution is 2.46. The van der Waals surface area contributed by atoms with Crippen LogP contribution in [0.1, 0.15) is 24.0 Å². The molecule has 3 atom stereocenters. The lowest BCUT2D eigenvalue weighted by Crippen LogP contribution is -2.48. The monoisotopic (exact) mass is 591 g/mol. The van der Waals surface area contributed by atoms with Gasteiger partial charge in [0.2, 0.25) is 20.0 Å². The van der Waals surface area contributed by atoms with Crippen LogP contribution in [0.15, 0.2) is 65.6 Å². The van der Waals surface area contributed by atoms with Crippen molar-refractivity contribution in [1.82, 2.24) is 4.72 Å². The molecular formula is C24H22F5N3O5S2. The molecule has 1 heterocycles. The van der Waals surface area contributed by atoms with Crippen molar-refractivity contribution in [1.29, 1.82) is 0 Å². The fraction of sp³-hybridized carbons (Fsp3) is 0.250. The summed E-state index contributed by atoms with van der Waals surface area (Å²) < 4.78 is 125. The summed E-state index contributed by atoms with van der Waals surface area (Å²) in [6, 6.07) is 6.21. The number of rotatable bonds is 8. The molecule has 3 aromatic carbocycles. The maximum Gasteiger partial charge on any atom is 0.343 e. The van der Waals surface area contributed by atoms with Crippen molar-refractivity contribution in [3.05, 3.63) is 83.4 Å². The van der Waals surface area contributed by atoms with E-state index in [2.05, 4.69) is 5.32 Å². The number of alkyl halides is 3. The molecule has 15 heteroatoms. The van der Waals surface area contributed by atoms with Crippen LogP contribution in [0, 0.1) is 11.6 Å². The van der Waals surface area contributed by atoms with E-state index in [4.69, 9.17) is 9.88 Å². The summed E-state index contributed by atoms with van der Waals surface area (Å²) in [5.41, 5.74) is 0.616. The molecule has 0 spiro atoms. The number of primary sulfonamides is 1. The number of benzene rings is 3. The molecule has 3 aromatic rings. The van der Waals surface area contributed by atoms with Crippen LogP contribution in [0.2, 0.25) is 0 Å². The lowest BCUT2D eigenvalue weighted by atomic mass is 9.81. The van der Waals surface area contributed by atoms with Crippen LogP contribution in [0.4, 0.5) is 27.6 Å². The molecule has 0 saturated carbocycles. The molecule has 4 N–H and O–H groups in total. The van der Waals surface area contributed by atoms with E-state index in [9.17, 15) is 38.8 Å². The number of fused-ring (bicyclic) bond motifs is 1. The van der Waals surface area contributed by atoms with Crippen molar-refractivity contribution in [3.63, 3.8) is 0 Å². The summed E-state index contributed by atoms with van der Waals surface area (Å²) in [4.78, 5) is -0.783. The molecule has 0 amide bonds. The molecule has 1 aliphatic rings. The predicted molar refractivity (Wildman–Crippen MR) is 132 cm³/mol. The molecule has 1 aliphatic heterocycles. The Morgan fingerprint density at radius 1 is 0.974 bits per heavy atom. The Hall–Kier alpha value is -3.27. The van der Waals surface area contributed by atoms with E-state index in [0.29, 0.717) is 17.3 Å². The molecule has 4 rings (SSSR count). The maximum atomic E-state index is 14.5. The van der Waals surface area contributed by atoms with Gasteiger partial charge in [-0.05, 0) is 48.9 Å². The third-order valence-electron chi connectivity index (χ3n) is 6.07. The van der Waals surface area contributed by atoms with Crippen LogP contribution in [0.25, 0.3) is 0 Å². The van der Waals surface area contributed by atoms with E-state index in [1.807, 2.05) is 0 Å². The summed E-state index contributed by atoms with van der Waals surface area (Å²) in [6.07, 6.45) is 0. The van der Waals surface area contributed by atoms with E-state index in [-0.39, 0.29) is 11.3 Å². The molecule has 0 aliphatic carbocycles. The Morgan fingerprint density at radius 2 is 1.64 bits per heavy atom. The summed E-state index contributed by atoms with van der Waals surface area (Å²) in [7, 11) is -9.43. The van der Waals surface area contributed by atoms with E-state index in [1.165, 1.54) is 13.0 Å². The fourth-order valence-electron chi connectivity index (χ4n) is 4.50. The number of hydrogen-bond acceptors (Lipinski definition) is 6. The minimum absolute atomic E-state index is 0.176. The quantitative estimate of drug-likeness (QED) is 0.266. The summed E-state index contributed by atoms with van der Waals surface area (Å²) >= 11 is 0. The van der Waals surface area contributed by atoms with Gasteiger partial charge < -0.3 is 10.1 Å². The largest absolute Gasteiger partial charge is 0.454 e. The number of nitrogens with two attached hydrogens (primary N) is 1. The fourth-order valence-corrected chi connectivity index (χ4v) is 6.90. The highest BCUT2D eigenvalue weighted by molar-refractivity contribution is 7.90. The van der Waals surface area contributed by atoms with Crippen molar-refractivity contribution in [2.45, 2.75) is 35.1 Å². The van der Waals surface area contributed by atoms with Crippen LogP contribution >= 0.6 is 0 Å². The maximum absolute atomic E-state index is 14.5. The third-order valence-corrected chi connectivity index (χ3v) is 8.95. The minimum atomic E-state index is -5.05. The predicted octanol–water partition coefficient (Wildman–Crippen LogP) is 4.20. The van der Waals surface area contributed by atoms with Crippen LogP contribution in [-0.2, 0) is 20.0 Å². The van der Waals surface area contributed by atoms with Crippen molar-refractivity contribution < 1.29 is 43.5 Å². The Balaban J connectivity index is 1.98. The number of hydrogen-bond donors (Lipinski definition) is 3. The minimum Gasteiger partial charge on any atom is -0.454 e. The van der Waals surface area contributed by atoms with Gasteiger partial charge in [0, 0.05) is 29.3 Å². The normalized spacial score (nSPS) is 19.7. The Morgan fingerprint density at radius 3 is 2.28 bits per heavy atom. The number of nitrogens with one attached hydrogen (secondary N) is 2. The SMILES string of the molecule is CC1Nc2ccccc2C(c2cc(S(=O)(=O)NC(F)(F)CF)ccc2Oc2ccc(F)cc2F)C1S(N)(=O)=O. The van der Waals surface area contributed by atoms with Crippen LogP contribution in [0.3, 0.4) is 0 Å². The number of anilines is 1. The molecule has 3 unspecified atom stereocenters. The van der Waals surface area contributed by atoms with E-state index in [0.717, 1.165) is 35.1 Å². The van der Waals surface area contributed by atoms with E-state index < -0.39 is 72.3 Å². The first-order valence-electron chi connectivity index (χ1n) is 11.2. The van der Waals surface area contributed by atoms with Crippen molar-refractivity contribution in [2.24, 2.45) is 5.14 Å². The summed E-state index contributed by atoms with van der Waals surface area (Å²) in [6.45, 7) is -0.807. The second-order valence-corrected chi connectivity index (χ2v) is 12.3. The summed E-state index contributed by atoms with van der Waals surface area (Å²) in [5, 5.41) is 7.14. The zero-order chi connectivity index (χ0) is 28.8. The Bertz CT molecular complexity index is 1620. The molecule has 0 aromatic heterocycles. The average Bonchev–Trinajstić information content (AvgIpc) is 2.83. The van der Waals surface area contributed by atoms with E-state index in [1.54, 1.807) is 18.2 Å². The van der Waals surface area contributed by atoms with Crippen molar-refractivity contribution in [2.75, 3.05) is 12.0 Å². The Kier molecular flexibility index (Phi) is 7.64. The van der Waals surface area contributed by atoms with Gasteiger partial charge in [-0.15, -0.1) is 4.72 Å². The van der Waals surface area contributed by atoms with Gasteiger partial charge in [0.25, 0.3) is 0 Å². The first-order valence-corrected chi connectivity index (χ1v) is 14.3. The molecule has 0 radical (unpaired) electrons. The second-order valence-electron chi connectivity index (χ2n) is 8.87. The topological polar surface area (TPSA) is 128 Å². The number of sulfonamides is 2. The highest BCUT2D eigenvalue weighted by Gasteiger charge is 2.44. The molecule has 210 valence electrons. The molecule has 0 bridgehead atoms. The van der Waals surface area contributed by atoms with Gasteiger partial charge in [0.05, 0.1) is 4.90 Å². The summed E-state index contributed by atoms with van der Waals surface area (Å²) in [5.74, 6) is -4.03. The van der Waals surface area contributed by atoms with Gasteiger partial charge in [0.15, 0.2) is 18.2 Å². The molecule has 8 nitrogen and oxygen atoms in total. The highest BCUT2D eigenvalue weighted by atomic mass is 32.2. The Labute approximate surface area is 221 Å². The van der Waals surface area contributed by atoms with Crippen LogP contribution < -0.4 is 19.9 Å². The van der Waals surface area contributed by atoms with E-state index >= 15 is 0 Å². The van der Waals surface area contributed by atoms with Gasteiger partial charge in [-0.25, -0.2) is 35.1 Å². The van der Waals surface area contributed by atoms with Crippen LogP contribution in [-0.4, -0.2) is 40.8 Å². The molecule has 0 saturated heterocycles. The lowest BCUT2D eigenvalue weighted by Gasteiger charge is -2.38. The van der Waals surface area contributed by atoms with Gasteiger partial charge in [0.1, 0.15) is 16.8 Å². The standard InChI is InChI=1S/C24H22F5N3O5S2/c1-13-23(38(30,33)34)22(16-4-2-3-5-19(16)31-13)17-11-15(39(35,36)32-24(28,29)12-25)7-9-20(17)37-21-8-6-14(26)10-18(21)27/h2-11,13,22-23,31-32H,12H2,1H3,(H2,30,33,34). The van der Waals surface area contributed by atoms with Gasteiger partial charge in [-0.2, -0.15) is 8.78 Å². The molecule has 39 heavy (non-hydrogen) atoms. The first kappa shape index (κ1) is 28.7. The van der Waals surface area contributed by atoms with Gasteiger partial charge >= 0.3 is 6.05 Å². The number of para-hydroxylation sites is 1. The zero-order valence-corrected chi connectivity index (χ0v) is 21.7. The van der Waals surface area contributed by atoms with Gasteiger partial charge in [-0.1, -0.05) is 18.2 Å².